The lowest BCUT2D eigenvalue weighted by molar-refractivity contribution is -0.123. The maximum atomic E-state index is 2.53. The first kappa shape index (κ1) is 16.3. The minimum absolute atomic E-state index is 0.244. The predicted molar refractivity (Wildman–Crippen MR) is 107 cm³/mol. The molecule has 3 fully saturated rings. The van der Waals surface area contributed by atoms with Gasteiger partial charge in [0.1, 0.15) is 0 Å². The highest BCUT2D eigenvalue weighted by Crippen LogP contribution is 2.64. The highest BCUT2D eigenvalue weighted by molar-refractivity contribution is 7.73. The largest absolute Gasteiger partial charge is 0.0622 e. The van der Waals surface area contributed by atoms with Gasteiger partial charge in [-0.25, -0.2) is 0 Å². The minimum atomic E-state index is -0.244. The molecule has 0 N–H and O–H groups in total. The molecule has 0 saturated heterocycles. The summed E-state index contributed by atoms with van der Waals surface area (Å²) in [5.41, 5.74) is 0.575. The number of fused-ring (bicyclic) bond motifs is 2. The van der Waals surface area contributed by atoms with Gasteiger partial charge in [0.25, 0.3) is 0 Å². The molecule has 0 radical (unpaired) electrons. The van der Waals surface area contributed by atoms with Gasteiger partial charge in [0.15, 0.2) is 0 Å². The fourth-order valence-electron chi connectivity index (χ4n) is 5.30. The van der Waals surface area contributed by atoms with E-state index in [1.54, 1.807) is 10.6 Å². The van der Waals surface area contributed by atoms with E-state index < -0.39 is 0 Å². The Hall–Kier alpha value is -1.13. The minimum Gasteiger partial charge on any atom is -0.0622 e. The van der Waals surface area contributed by atoms with Gasteiger partial charge in [0.2, 0.25) is 0 Å². The quantitative estimate of drug-likeness (QED) is 0.652. The second-order valence-electron chi connectivity index (χ2n) is 8.52. The Morgan fingerprint density at radius 3 is 1.92 bits per heavy atom. The Kier molecular flexibility index (Phi) is 4.29. The third-order valence-corrected chi connectivity index (χ3v) is 9.61. The van der Waals surface area contributed by atoms with Crippen LogP contribution >= 0.6 is 7.92 Å². The van der Waals surface area contributed by atoms with Crippen LogP contribution < -0.4 is 10.6 Å². The molecule has 2 bridgehead atoms. The van der Waals surface area contributed by atoms with Crippen LogP contribution in [0.1, 0.15) is 33.6 Å². The normalized spacial score (nSPS) is 30.8. The number of rotatable bonds is 4. The van der Waals surface area contributed by atoms with Crippen molar-refractivity contribution in [2.75, 3.05) is 6.16 Å². The first-order valence-electron chi connectivity index (χ1n) is 9.45. The summed E-state index contributed by atoms with van der Waals surface area (Å²) in [6.45, 7) is 7.57. The monoisotopic (exact) mass is 336 g/mol. The van der Waals surface area contributed by atoms with Gasteiger partial charge in [0, 0.05) is 0 Å². The summed E-state index contributed by atoms with van der Waals surface area (Å²) in [5.74, 6) is 3.69. The molecule has 4 atom stereocenters. The van der Waals surface area contributed by atoms with Crippen LogP contribution in [0.25, 0.3) is 0 Å². The van der Waals surface area contributed by atoms with Crippen molar-refractivity contribution in [2.24, 2.45) is 29.1 Å². The third-order valence-electron chi connectivity index (χ3n) is 6.98. The lowest BCUT2D eigenvalue weighted by atomic mass is 9.44. The number of hydrogen-bond acceptors (Lipinski definition) is 0. The van der Waals surface area contributed by atoms with Gasteiger partial charge >= 0.3 is 0 Å². The molecule has 126 valence electrons. The molecule has 3 aliphatic carbocycles. The zero-order chi connectivity index (χ0) is 16.7. The summed E-state index contributed by atoms with van der Waals surface area (Å²) in [5, 5.41) is 3.09. The highest BCUT2D eigenvalue weighted by atomic mass is 31.1. The van der Waals surface area contributed by atoms with Crippen molar-refractivity contribution >= 4 is 18.5 Å². The Balaban J connectivity index is 1.65. The zero-order valence-corrected chi connectivity index (χ0v) is 16.0. The SMILES string of the molecule is C[C@H]1C[C@H]2C[C@@H]([C@H]1CP(c1ccccc1)c1ccccc1)C2(C)C. The summed E-state index contributed by atoms with van der Waals surface area (Å²) in [7, 11) is -0.244. The van der Waals surface area contributed by atoms with E-state index in [1.807, 2.05) is 0 Å². The summed E-state index contributed by atoms with van der Waals surface area (Å²) in [4.78, 5) is 0. The average Bonchev–Trinajstić information content (AvgIpc) is 2.61. The molecule has 3 saturated carbocycles. The molecule has 2 aromatic rings. The van der Waals surface area contributed by atoms with Crippen molar-refractivity contribution in [3.05, 3.63) is 60.7 Å². The van der Waals surface area contributed by atoms with Crippen LogP contribution in [-0.2, 0) is 0 Å². The Labute approximate surface area is 148 Å². The summed E-state index contributed by atoms with van der Waals surface area (Å²) in [6, 6.07) is 22.5. The second-order valence-corrected chi connectivity index (χ2v) is 10.8. The summed E-state index contributed by atoms with van der Waals surface area (Å²) >= 11 is 0. The maximum absolute atomic E-state index is 2.53. The molecular weight excluding hydrogens is 307 g/mol. The van der Waals surface area contributed by atoms with Crippen molar-refractivity contribution in [2.45, 2.75) is 33.6 Å². The van der Waals surface area contributed by atoms with Crippen LogP contribution in [0.4, 0.5) is 0 Å². The number of benzene rings is 2. The summed E-state index contributed by atoms with van der Waals surface area (Å²) in [6.07, 6.45) is 4.29. The molecule has 0 nitrogen and oxygen atoms in total. The van der Waals surface area contributed by atoms with Gasteiger partial charge in [-0.2, -0.15) is 0 Å². The molecule has 0 spiro atoms. The predicted octanol–water partition coefficient (Wildman–Crippen LogP) is 5.44. The first-order valence-corrected chi connectivity index (χ1v) is 11.0. The molecule has 0 unspecified atom stereocenters. The third kappa shape index (κ3) is 2.74. The van der Waals surface area contributed by atoms with Gasteiger partial charge in [-0.05, 0) is 66.6 Å². The van der Waals surface area contributed by atoms with Crippen LogP contribution in [0.2, 0.25) is 0 Å². The molecule has 0 aliphatic heterocycles. The van der Waals surface area contributed by atoms with Crippen molar-refractivity contribution in [3.8, 4) is 0 Å². The molecule has 0 amide bonds. The van der Waals surface area contributed by atoms with Crippen LogP contribution in [-0.4, -0.2) is 6.16 Å². The van der Waals surface area contributed by atoms with Gasteiger partial charge < -0.3 is 0 Å². The average molecular weight is 336 g/mol. The van der Waals surface area contributed by atoms with E-state index in [9.17, 15) is 0 Å². The molecule has 24 heavy (non-hydrogen) atoms. The van der Waals surface area contributed by atoms with Crippen LogP contribution in [0.5, 0.6) is 0 Å². The maximum Gasteiger partial charge on any atom is -0.0195 e. The topological polar surface area (TPSA) is 0 Å². The van der Waals surface area contributed by atoms with E-state index in [-0.39, 0.29) is 7.92 Å². The summed E-state index contributed by atoms with van der Waals surface area (Å²) < 4.78 is 0. The fraction of sp³-hybridized carbons (Fsp3) is 0.478. The van der Waals surface area contributed by atoms with E-state index in [0.717, 1.165) is 23.7 Å². The standard InChI is InChI=1S/C23H29P/c1-17-14-18-15-22(23(18,2)3)21(17)16-24(19-10-6-4-7-11-19)20-12-8-5-9-13-20/h4-13,17-18,21-22H,14-16H2,1-3H3/t17-,18-,21-,22-/m0/s1. The van der Waals surface area contributed by atoms with Crippen LogP contribution in [0.15, 0.2) is 60.7 Å². The van der Waals surface area contributed by atoms with E-state index in [4.69, 9.17) is 0 Å². The number of hydrogen-bond donors (Lipinski definition) is 0. The fourth-order valence-corrected chi connectivity index (χ4v) is 8.12. The van der Waals surface area contributed by atoms with E-state index in [1.165, 1.54) is 19.0 Å². The smallest absolute Gasteiger partial charge is 0.0195 e. The highest BCUT2D eigenvalue weighted by Gasteiger charge is 2.56. The van der Waals surface area contributed by atoms with Crippen molar-refractivity contribution in [3.63, 3.8) is 0 Å². The molecular formula is C23H29P. The Morgan fingerprint density at radius 1 is 0.875 bits per heavy atom. The van der Waals surface area contributed by atoms with E-state index >= 15 is 0 Å². The van der Waals surface area contributed by atoms with Gasteiger partial charge in [-0.15, -0.1) is 0 Å². The molecule has 5 rings (SSSR count). The lowest BCUT2D eigenvalue weighted by Crippen LogP contribution is -2.56. The molecule has 1 heteroatoms. The van der Waals surface area contributed by atoms with Gasteiger partial charge in [0.05, 0.1) is 0 Å². The van der Waals surface area contributed by atoms with Crippen LogP contribution in [0, 0.1) is 29.1 Å². The van der Waals surface area contributed by atoms with Crippen LogP contribution in [0.3, 0.4) is 0 Å². The molecule has 0 heterocycles. The van der Waals surface area contributed by atoms with Crippen molar-refractivity contribution < 1.29 is 0 Å². The van der Waals surface area contributed by atoms with E-state index in [2.05, 4.69) is 81.4 Å². The zero-order valence-electron chi connectivity index (χ0n) is 15.2. The van der Waals surface area contributed by atoms with Gasteiger partial charge in [-0.3, -0.25) is 0 Å². The Bertz CT molecular complexity index is 636. The van der Waals surface area contributed by atoms with Crippen molar-refractivity contribution in [1.82, 2.24) is 0 Å². The second kappa shape index (κ2) is 6.30. The lowest BCUT2D eigenvalue weighted by Gasteiger charge is -2.63. The molecule has 3 aliphatic rings. The molecule has 0 aromatic heterocycles. The van der Waals surface area contributed by atoms with Crippen molar-refractivity contribution in [1.29, 1.82) is 0 Å². The first-order chi connectivity index (χ1) is 11.6. The Morgan fingerprint density at radius 2 is 1.42 bits per heavy atom. The molecule has 2 aromatic carbocycles. The van der Waals surface area contributed by atoms with E-state index in [0.29, 0.717) is 5.41 Å². The van der Waals surface area contributed by atoms with Gasteiger partial charge in [-0.1, -0.05) is 81.4 Å².